The van der Waals surface area contributed by atoms with Crippen molar-refractivity contribution in [3.05, 3.63) is 11.6 Å². The monoisotopic (exact) mass is 368 g/mol. The number of hydrogen-bond acceptors (Lipinski definition) is 2. The van der Waals surface area contributed by atoms with E-state index in [2.05, 4.69) is 13.0 Å². The van der Waals surface area contributed by atoms with Crippen LogP contribution < -0.4 is 0 Å². The first kappa shape index (κ1) is 18.9. The number of halogens is 2. The van der Waals surface area contributed by atoms with E-state index in [-0.39, 0.29) is 17.4 Å². The molecule has 4 aliphatic rings. The van der Waals surface area contributed by atoms with Crippen LogP contribution in [0.15, 0.2) is 11.6 Å². The van der Waals surface area contributed by atoms with Crippen LogP contribution in [0, 0.1) is 40.9 Å². The van der Waals surface area contributed by atoms with Crippen LogP contribution in [0.2, 0.25) is 0 Å². The van der Waals surface area contributed by atoms with Crippen LogP contribution in [-0.4, -0.2) is 28.8 Å². The molecule has 4 unspecified atom stereocenters. The predicted molar refractivity (Wildman–Crippen MR) is 97.8 cm³/mol. The van der Waals surface area contributed by atoms with Gasteiger partial charge in [-0.1, -0.05) is 25.5 Å². The lowest BCUT2D eigenvalue weighted by atomic mass is 9.51. The van der Waals surface area contributed by atoms with Crippen LogP contribution in [-0.2, 0) is 0 Å². The Balaban J connectivity index is 1.57. The standard InChI is InChI=1S/C22H34F2O2/c1-13(22(23,24)12-25)19-7-8-20-18-5-3-14-11-15(26)4-6-16(14)17(18)9-10-21(19,20)2/h3,13,15-20,25-26H,4-12H2,1-2H3/t13?,15-,16-,17?,18?,19+,20?,21+/m0/s1. The molecule has 0 aliphatic heterocycles. The van der Waals surface area contributed by atoms with Crippen molar-refractivity contribution in [1.29, 1.82) is 0 Å². The Morgan fingerprint density at radius 3 is 2.69 bits per heavy atom. The van der Waals surface area contributed by atoms with E-state index in [4.69, 9.17) is 5.11 Å². The predicted octanol–water partition coefficient (Wildman–Crippen LogP) is 4.80. The van der Waals surface area contributed by atoms with E-state index in [1.807, 2.05) is 0 Å². The highest BCUT2D eigenvalue weighted by atomic mass is 19.3. The third-order valence-electron chi connectivity index (χ3n) is 8.97. The van der Waals surface area contributed by atoms with Crippen LogP contribution in [0.4, 0.5) is 8.78 Å². The number of rotatable bonds is 3. The lowest BCUT2D eigenvalue weighted by Gasteiger charge is -2.54. The van der Waals surface area contributed by atoms with Crippen molar-refractivity contribution in [3.63, 3.8) is 0 Å². The first-order valence-corrected chi connectivity index (χ1v) is 10.6. The quantitative estimate of drug-likeness (QED) is 0.703. The zero-order chi connectivity index (χ0) is 18.7. The summed E-state index contributed by atoms with van der Waals surface area (Å²) in [7, 11) is 0. The van der Waals surface area contributed by atoms with Crippen LogP contribution in [0.25, 0.3) is 0 Å². The molecular weight excluding hydrogens is 334 g/mol. The van der Waals surface area contributed by atoms with Crippen molar-refractivity contribution in [3.8, 4) is 0 Å². The second-order valence-electron chi connectivity index (χ2n) is 9.93. The zero-order valence-corrected chi connectivity index (χ0v) is 16.1. The van der Waals surface area contributed by atoms with Gasteiger partial charge >= 0.3 is 0 Å². The molecule has 4 heteroatoms. The molecule has 0 aromatic heterocycles. The first-order valence-electron chi connectivity index (χ1n) is 10.6. The van der Waals surface area contributed by atoms with Crippen LogP contribution >= 0.6 is 0 Å². The number of fused-ring (bicyclic) bond motifs is 5. The summed E-state index contributed by atoms with van der Waals surface area (Å²) < 4.78 is 28.5. The Bertz CT molecular complexity index is 574. The summed E-state index contributed by atoms with van der Waals surface area (Å²) in [5, 5.41) is 19.2. The molecule has 0 amide bonds. The van der Waals surface area contributed by atoms with Gasteiger partial charge in [0.2, 0.25) is 0 Å². The highest BCUT2D eigenvalue weighted by Crippen LogP contribution is 2.65. The minimum Gasteiger partial charge on any atom is -0.393 e. The lowest BCUT2D eigenvalue weighted by Crippen LogP contribution is -2.49. The van der Waals surface area contributed by atoms with Crippen molar-refractivity contribution in [2.45, 2.75) is 77.2 Å². The Morgan fingerprint density at radius 1 is 1.19 bits per heavy atom. The maximum absolute atomic E-state index is 14.2. The van der Waals surface area contributed by atoms with Crippen molar-refractivity contribution in [2.75, 3.05) is 6.61 Å². The summed E-state index contributed by atoms with van der Waals surface area (Å²) >= 11 is 0. The van der Waals surface area contributed by atoms with E-state index < -0.39 is 18.4 Å². The third-order valence-corrected chi connectivity index (χ3v) is 8.97. The fourth-order valence-electron chi connectivity index (χ4n) is 7.55. The van der Waals surface area contributed by atoms with E-state index in [1.54, 1.807) is 6.92 Å². The Labute approximate surface area is 156 Å². The molecule has 4 aliphatic carbocycles. The first-order chi connectivity index (χ1) is 12.3. The maximum atomic E-state index is 14.2. The molecule has 3 fully saturated rings. The van der Waals surface area contributed by atoms with Gasteiger partial charge in [0, 0.05) is 5.92 Å². The van der Waals surface area contributed by atoms with Gasteiger partial charge in [0.25, 0.3) is 5.92 Å². The number of aliphatic hydroxyl groups excluding tert-OH is 2. The summed E-state index contributed by atoms with van der Waals surface area (Å²) in [5.74, 6) is -1.25. The smallest absolute Gasteiger partial charge is 0.273 e. The van der Waals surface area contributed by atoms with Crippen LogP contribution in [0.5, 0.6) is 0 Å². The minimum atomic E-state index is -2.97. The Kier molecular flexibility index (Phi) is 4.75. The molecule has 2 N–H and O–H groups in total. The van der Waals surface area contributed by atoms with Crippen molar-refractivity contribution < 1.29 is 19.0 Å². The SMILES string of the molecule is CC([C@H]1CCC2C3CC=C4C[C@@H](O)CC[C@@H]4C3CC[C@@]21C)C(F)(F)CO. The average molecular weight is 369 g/mol. The van der Waals surface area contributed by atoms with Gasteiger partial charge in [-0.25, -0.2) is 8.78 Å². The molecule has 2 nitrogen and oxygen atoms in total. The van der Waals surface area contributed by atoms with Gasteiger partial charge in [-0.15, -0.1) is 0 Å². The number of hydrogen-bond donors (Lipinski definition) is 2. The highest BCUT2D eigenvalue weighted by molar-refractivity contribution is 5.20. The fraction of sp³-hybridized carbons (Fsp3) is 0.909. The molecule has 0 spiro atoms. The zero-order valence-electron chi connectivity index (χ0n) is 16.1. The average Bonchev–Trinajstić information content (AvgIpc) is 2.97. The molecule has 0 aromatic rings. The van der Waals surface area contributed by atoms with E-state index in [1.165, 1.54) is 5.57 Å². The number of alkyl halides is 2. The summed E-state index contributed by atoms with van der Waals surface area (Å²) in [6.07, 6.45) is 10.3. The molecule has 3 saturated carbocycles. The molecule has 148 valence electrons. The second kappa shape index (κ2) is 6.55. The molecule has 0 bridgehead atoms. The fourth-order valence-corrected chi connectivity index (χ4v) is 7.55. The molecule has 0 radical (unpaired) electrons. The lowest BCUT2D eigenvalue weighted by molar-refractivity contribution is -0.133. The topological polar surface area (TPSA) is 40.5 Å². The molecule has 0 aromatic carbocycles. The molecule has 4 rings (SSSR count). The normalized spacial score (nSPS) is 46.8. The molecule has 0 saturated heterocycles. The van der Waals surface area contributed by atoms with E-state index in [0.717, 1.165) is 51.4 Å². The summed E-state index contributed by atoms with van der Waals surface area (Å²) in [5.41, 5.74) is 1.46. The van der Waals surface area contributed by atoms with Crippen molar-refractivity contribution >= 4 is 0 Å². The van der Waals surface area contributed by atoms with Crippen LogP contribution in [0.3, 0.4) is 0 Å². The number of allylic oxidation sites excluding steroid dienone is 1. The van der Waals surface area contributed by atoms with Gasteiger partial charge in [-0.3, -0.25) is 0 Å². The minimum absolute atomic E-state index is 0.00848. The van der Waals surface area contributed by atoms with Crippen molar-refractivity contribution in [1.82, 2.24) is 0 Å². The Morgan fingerprint density at radius 2 is 1.96 bits per heavy atom. The van der Waals surface area contributed by atoms with Crippen molar-refractivity contribution in [2.24, 2.45) is 40.9 Å². The van der Waals surface area contributed by atoms with Gasteiger partial charge in [-0.05, 0) is 86.4 Å². The largest absolute Gasteiger partial charge is 0.393 e. The molecule has 26 heavy (non-hydrogen) atoms. The third kappa shape index (κ3) is 2.78. The Hall–Kier alpha value is -0.480. The summed E-state index contributed by atoms with van der Waals surface area (Å²) in [6.45, 7) is 2.88. The maximum Gasteiger partial charge on any atom is 0.273 e. The van der Waals surface area contributed by atoms with Gasteiger partial charge in [-0.2, -0.15) is 0 Å². The highest BCUT2D eigenvalue weighted by Gasteiger charge is 2.59. The van der Waals surface area contributed by atoms with E-state index in [0.29, 0.717) is 23.7 Å². The van der Waals surface area contributed by atoms with Gasteiger partial charge in [0.1, 0.15) is 6.61 Å². The number of aliphatic hydroxyl groups is 2. The molecular formula is C22H34F2O2. The summed E-state index contributed by atoms with van der Waals surface area (Å²) in [4.78, 5) is 0. The second-order valence-corrected chi connectivity index (χ2v) is 9.93. The van der Waals surface area contributed by atoms with E-state index in [9.17, 15) is 13.9 Å². The summed E-state index contributed by atoms with van der Waals surface area (Å²) in [6, 6.07) is 0. The molecule has 8 atom stereocenters. The molecule has 0 heterocycles. The van der Waals surface area contributed by atoms with Gasteiger partial charge < -0.3 is 10.2 Å². The van der Waals surface area contributed by atoms with Gasteiger partial charge in [0.05, 0.1) is 6.10 Å². The van der Waals surface area contributed by atoms with Crippen LogP contribution in [0.1, 0.15) is 65.2 Å². The van der Waals surface area contributed by atoms with Gasteiger partial charge in [0.15, 0.2) is 0 Å². The van der Waals surface area contributed by atoms with E-state index >= 15 is 0 Å².